The predicted octanol–water partition coefficient (Wildman–Crippen LogP) is 2.84. The summed E-state index contributed by atoms with van der Waals surface area (Å²) in [6.45, 7) is 1.94. The minimum atomic E-state index is -0.0109. The number of nitrogens with zero attached hydrogens (tertiary/aromatic N) is 1. The Morgan fingerprint density at radius 1 is 1.31 bits per heavy atom. The number of hydrogen-bond donors (Lipinski definition) is 1. The smallest absolute Gasteiger partial charge is 0.123 e. The van der Waals surface area contributed by atoms with Gasteiger partial charge >= 0.3 is 0 Å². The van der Waals surface area contributed by atoms with Crippen molar-refractivity contribution in [1.82, 2.24) is 4.98 Å². The maximum Gasteiger partial charge on any atom is 0.123 e. The Balaban J connectivity index is 2.28. The lowest BCUT2D eigenvalue weighted by Gasteiger charge is -2.01. The number of methoxy groups -OCH3 is 1. The van der Waals surface area contributed by atoms with E-state index in [2.05, 4.69) is 4.98 Å². The van der Waals surface area contributed by atoms with Crippen LogP contribution in [0.2, 0.25) is 0 Å². The van der Waals surface area contributed by atoms with E-state index in [-0.39, 0.29) is 6.04 Å². The zero-order valence-corrected chi connectivity index (χ0v) is 10.1. The van der Waals surface area contributed by atoms with E-state index in [9.17, 15) is 0 Å². The molecule has 1 aromatic heterocycles. The van der Waals surface area contributed by atoms with Gasteiger partial charge in [-0.15, -0.1) is 11.3 Å². The van der Waals surface area contributed by atoms with Crippen LogP contribution in [0.3, 0.4) is 0 Å². The second kappa shape index (κ2) is 4.63. The average molecular weight is 234 g/mol. The SMILES string of the molecule is COc1ccc(-c2nc(C(C)N)cs2)cc1. The molecule has 2 rings (SSSR count). The zero-order chi connectivity index (χ0) is 11.5. The third kappa shape index (κ3) is 2.23. The standard InChI is InChI=1S/C12H14N2OS/c1-8(13)11-7-16-12(14-11)9-3-5-10(15-2)6-4-9/h3-8H,13H2,1-2H3. The molecule has 0 aliphatic rings. The molecule has 0 aliphatic heterocycles. The van der Waals surface area contributed by atoms with Crippen molar-refractivity contribution in [2.45, 2.75) is 13.0 Å². The molecule has 3 nitrogen and oxygen atoms in total. The molecule has 0 saturated carbocycles. The first kappa shape index (κ1) is 11.1. The molecule has 1 unspecified atom stereocenters. The largest absolute Gasteiger partial charge is 0.497 e. The lowest BCUT2D eigenvalue weighted by molar-refractivity contribution is 0.415. The van der Waals surface area contributed by atoms with E-state index >= 15 is 0 Å². The van der Waals surface area contributed by atoms with Crippen LogP contribution in [0.15, 0.2) is 29.6 Å². The fourth-order valence-electron chi connectivity index (χ4n) is 1.36. The Morgan fingerprint density at radius 3 is 2.50 bits per heavy atom. The molecule has 2 aromatic rings. The van der Waals surface area contributed by atoms with E-state index in [1.54, 1.807) is 18.4 Å². The van der Waals surface area contributed by atoms with Crippen molar-refractivity contribution in [2.24, 2.45) is 5.73 Å². The highest BCUT2D eigenvalue weighted by molar-refractivity contribution is 7.13. The molecule has 2 N–H and O–H groups in total. The summed E-state index contributed by atoms with van der Waals surface area (Å²) in [5.74, 6) is 0.854. The predicted molar refractivity (Wildman–Crippen MR) is 66.7 cm³/mol. The van der Waals surface area contributed by atoms with Crippen molar-refractivity contribution in [2.75, 3.05) is 7.11 Å². The molecule has 1 aromatic carbocycles. The highest BCUT2D eigenvalue weighted by Gasteiger charge is 2.07. The highest BCUT2D eigenvalue weighted by atomic mass is 32.1. The summed E-state index contributed by atoms with van der Waals surface area (Å²) in [6.07, 6.45) is 0. The summed E-state index contributed by atoms with van der Waals surface area (Å²) in [7, 11) is 1.66. The number of hydrogen-bond acceptors (Lipinski definition) is 4. The summed E-state index contributed by atoms with van der Waals surface area (Å²) in [5, 5.41) is 3.00. The molecule has 1 heterocycles. The molecule has 0 fully saturated rings. The minimum Gasteiger partial charge on any atom is -0.497 e. The molecule has 0 saturated heterocycles. The van der Waals surface area contributed by atoms with Gasteiger partial charge in [-0.05, 0) is 31.2 Å². The molecule has 84 valence electrons. The second-order valence-corrected chi connectivity index (χ2v) is 4.45. The van der Waals surface area contributed by atoms with Gasteiger partial charge in [-0.3, -0.25) is 0 Å². The molecule has 0 radical (unpaired) electrons. The zero-order valence-electron chi connectivity index (χ0n) is 9.31. The molecule has 0 aliphatic carbocycles. The topological polar surface area (TPSA) is 48.1 Å². The molecule has 1 atom stereocenters. The number of benzene rings is 1. The summed E-state index contributed by atoms with van der Waals surface area (Å²) in [4.78, 5) is 4.49. The Hall–Kier alpha value is -1.39. The van der Waals surface area contributed by atoms with Gasteiger partial charge < -0.3 is 10.5 Å². The van der Waals surface area contributed by atoms with E-state index in [0.717, 1.165) is 22.0 Å². The molecule has 0 amide bonds. The van der Waals surface area contributed by atoms with Crippen molar-refractivity contribution in [3.63, 3.8) is 0 Å². The van der Waals surface area contributed by atoms with E-state index in [0.29, 0.717) is 0 Å². The van der Waals surface area contributed by atoms with Crippen molar-refractivity contribution in [3.8, 4) is 16.3 Å². The van der Waals surface area contributed by atoms with Gasteiger partial charge in [0.1, 0.15) is 10.8 Å². The van der Waals surface area contributed by atoms with Crippen LogP contribution in [0.4, 0.5) is 0 Å². The Morgan fingerprint density at radius 2 is 2.00 bits per heavy atom. The van der Waals surface area contributed by atoms with Crippen molar-refractivity contribution >= 4 is 11.3 Å². The Kier molecular flexibility index (Phi) is 3.22. The van der Waals surface area contributed by atoms with Crippen molar-refractivity contribution < 1.29 is 4.74 Å². The van der Waals surface area contributed by atoms with Crippen LogP contribution in [0.1, 0.15) is 18.7 Å². The summed E-state index contributed by atoms with van der Waals surface area (Å²) >= 11 is 1.61. The third-order valence-corrected chi connectivity index (χ3v) is 3.24. The van der Waals surface area contributed by atoms with Crippen LogP contribution in [-0.4, -0.2) is 12.1 Å². The highest BCUT2D eigenvalue weighted by Crippen LogP contribution is 2.26. The van der Waals surface area contributed by atoms with Crippen LogP contribution in [0, 0.1) is 0 Å². The fourth-order valence-corrected chi connectivity index (χ4v) is 2.29. The lowest BCUT2D eigenvalue weighted by Crippen LogP contribution is -2.04. The monoisotopic (exact) mass is 234 g/mol. The third-order valence-electron chi connectivity index (χ3n) is 2.33. The molecule has 0 bridgehead atoms. The molecule has 16 heavy (non-hydrogen) atoms. The quantitative estimate of drug-likeness (QED) is 0.888. The number of thiazole rings is 1. The maximum absolute atomic E-state index is 5.77. The van der Waals surface area contributed by atoms with Gasteiger partial charge in [0.05, 0.1) is 12.8 Å². The van der Waals surface area contributed by atoms with Crippen LogP contribution in [0.5, 0.6) is 5.75 Å². The number of aromatic nitrogens is 1. The first-order valence-electron chi connectivity index (χ1n) is 5.06. The summed E-state index contributed by atoms with van der Waals surface area (Å²) in [6, 6.07) is 7.86. The van der Waals surface area contributed by atoms with Gasteiger partial charge in [0.15, 0.2) is 0 Å². The van der Waals surface area contributed by atoms with Gasteiger partial charge in [0.25, 0.3) is 0 Å². The van der Waals surface area contributed by atoms with Crippen molar-refractivity contribution in [3.05, 3.63) is 35.3 Å². The van der Waals surface area contributed by atoms with Crippen LogP contribution < -0.4 is 10.5 Å². The average Bonchev–Trinajstić information content (AvgIpc) is 2.78. The summed E-state index contributed by atoms with van der Waals surface area (Å²) in [5.41, 5.74) is 7.81. The molecular formula is C12H14N2OS. The maximum atomic E-state index is 5.77. The Labute approximate surface area is 98.9 Å². The second-order valence-electron chi connectivity index (χ2n) is 3.59. The van der Waals surface area contributed by atoms with Crippen LogP contribution in [-0.2, 0) is 0 Å². The molecule has 4 heteroatoms. The van der Waals surface area contributed by atoms with E-state index in [4.69, 9.17) is 10.5 Å². The van der Waals surface area contributed by atoms with Gasteiger partial charge in [-0.25, -0.2) is 4.98 Å². The van der Waals surface area contributed by atoms with E-state index in [1.807, 2.05) is 36.6 Å². The minimum absolute atomic E-state index is 0.0109. The van der Waals surface area contributed by atoms with Crippen molar-refractivity contribution in [1.29, 1.82) is 0 Å². The molecular weight excluding hydrogens is 220 g/mol. The molecule has 0 spiro atoms. The lowest BCUT2D eigenvalue weighted by atomic mass is 10.2. The summed E-state index contributed by atoms with van der Waals surface area (Å²) < 4.78 is 5.11. The van der Waals surface area contributed by atoms with Gasteiger partial charge in [-0.1, -0.05) is 0 Å². The fraction of sp³-hybridized carbons (Fsp3) is 0.250. The van der Waals surface area contributed by atoms with Crippen LogP contribution in [0.25, 0.3) is 10.6 Å². The normalized spacial score (nSPS) is 12.4. The van der Waals surface area contributed by atoms with Crippen LogP contribution >= 0.6 is 11.3 Å². The van der Waals surface area contributed by atoms with Gasteiger partial charge in [0.2, 0.25) is 0 Å². The number of rotatable bonds is 3. The van der Waals surface area contributed by atoms with E-state index in [1.165, 1.54) is 0 Å². The number of ether oxygens (including phenoxy) is 1. The number of nitrogens with two attached hydrogens (primary N) is 1. The Bertz CT molecular complexity index is 462. The first-order valence-corrected chi connectivity index (χ1v) is 5.94. The first-order chi connectivity index (χ1) is 7.70. The van der Waals surface area contributed by atoms with Gasteiger partial charge in [0, 0.05) is 17.0 Å². The van der Waals surface area contributed by atoms with E-state index < -0.39 is 0 Å². The van der Waals surface area contributed by atoms with Gasteiger partial charge in [-0.2, -0.15) is 0 Å².